The molecule has 21 heavy (non-hydrogen) atoms. The average Bonchev–Trinajstić information content (AvgIpc) is 2.97. The molecule has 1 aromatic carbocycles. The SMILES string of the molecule is CNC(c1ccc(C(=O)OC)o1)c1cc(C)ccc1OC. The van der Waals surface area contributed by atoms with Gasteiger partial charge in [0.15, 0.2) is 0 Å². The number of hydrogen-bond acceptors (Lipinski definition) is 5. The zero-order valence-corrected chi connectivity index (χ0v) is 12.6. The van der Waals surface area contributed by atoms with Gasteiger partial charge in [-0.15, -0.1) is 0 Å². The standard InChI is InChI=1S/C16H19NO4/c1-10-5-6-12(19-3)11(9-10)15(17-2)13-7-8-14(21-13)16(18)20-4/h5-9,15,17H,1-4H3. The molecule has 0 saturated carbocycles. The molecule has 0 aliphatic rings. The Balaban J connectivity index is 2.42. The van der Waals surface area contributed by atoms with Crippen LogP contribution in [-0.2, 0) is 4.74 Å². The lowest BCUT2D eigenvalue weighted by molar-refractivity contribution is 0.0562. The Morgan fingerprint density at radius 1 is 1.24 bits per heavy atom. The van der Waals surface area contributed by atoms with Crippen LogP contribution in [0, 0.1) is 6.92 Å². The maximum Gasteiger partial charge on any atom is 0.373 e. The van der Waals surface area contributed by atoms with Crippen molar-refractivity contribution in [2.24, 2.45) is 0 Å². The van der Waals surface area contributed by atoms with E-state index in [-0.39, 0.29) is 11.8 Å². The molecule has 0 fully saturated rings. The Labute approximate surface area is 123 Å². The monoisotopic (exact) mass is 289 g/mol. The number of rotatable bonds is 5. The van der Waals surface area contributed by atoms with E-state index in [1.54, 1.807) is 19.2 Å². The third-order valence-corrected chi connectivity index (χ3v) is 3.28. The lowest BCUT2D eigenvalue weighted by Gasteiger charge is -2.18. The maximum atomic E-state index is 11.5. The summed E-state index contributed by atoms with van der Waals surface area (Å²) in [5.41, 5.74) is 2.07. The average molecular weight is 289 g/mol. The van der Waals surface area contributed by atoms with E-state index >= 15 is 0 Å². The van der Waals surface area contributed by atoms with Crippen molar-refractivity contribution < 1.29 is 18.7 Å². The van der Waals surface area contributed by atoms with E-state index in [0.29, 0.717) is 5.76 Å². The Morgan fingerprint density at radius 3 is 2.62 bits per heavy atom. The van der Waals surface area contributed by atoms with Crippen LogP contribution >= 0.6 is 0 Å². The van der Waals surface area contributed by atoms with Crippen LogP contribution in [0.3, 0.4) is 0 Å². The minimum atomic E-state index is -0.493. The lowest BCUT2D eigenvalue weighted by atomic mass is 10.0. The number of aryl methyl sites for hydroxylation is 1. The number of benzene rings is 1. The summed E-state index contributed by atoms with van der Waals surface area (Å²) in [7, 11) is 4.78. The summed E-state index contributed by atoms with van der Waals surface area (Å²) in [5.74, 6) is 1.07. The number of ether oxygens (including phenoxy) is 2. The molecule has 0 saturated heterocycles. The van der Waals surface area contributed by atoms with Gasteiger partial charge in [-0.05, 0) is 32.2 Å². The summed E-state index contributed by atoms with van der Waals surface area (Å²) < 4.78 is 15.7. The molecule has 1 atom stereocenters. The molecule has 2 rings (SSSR count). The third kappa shape index (κ3) is 3.08. The Hall–Kier alpha value is -2.27. The summed E-state index contributed by atoms with van der Waals surface area (Å²) in [4.78, 5) is 11.5. The summed E-state index contributed by atoms with van der Waals surface area (Å²) in [6.45, 7) is 2.01. The van der Waals surface area contributed by atoms with Gasteiger partial charge in [0.2, 0.25) is 5.76 Å². The second kappa shape index (κ2) is 6.45. The second-order valence-electron chi connectivity index (χ2n) is 4.66. The van der Waals surface area contributed by atoms with E-state index in [9.17, 15) is 4.79 Å². The highest BCUT2D eigenvalue weighted by Crippen LogP contribution is 2.31. The van der Waals surface area contributed by atoms with Gasteiger partial charge in [0.1, 0.15) is 11.5 Å². The molecule has 0 amide bonds. The number of methoxy groups -OCH3 is 2. The summed E-state index contributed by atoms with van der Waals surface area (Å²) in [6, 6.07) is 9.08. The minimum absolute atomic E-state index is 0.180. The summed E-state index contributed by atoms with van der Waals surface area (Å²) in [5, 5.41) is 3.18. The molecular formula is C16H19NO4. The van der Waals surface area contributed by atoms with Crippen LogP contribution < -0.4 is 10.1 Å². The molecule has 2 aromatic rings. The van der Waals surface area contributed by atoms with Gasteiger partial charge in [-0.2, -0.15) is 0 Å². The van der Waals surface area contributed by atoms with Crippen molar-refractivity contribution in [1.82, 2.24) is 5.32 Å². The van der Waals surface area contributed by atoms with E-state index in [1.807, 2.05) is 32.2 Å². The molecule has 5 nitrogen and oxygen atoms in total. The zero-order chi connectivity index (χ0) is 15.4. The topological polar surface area (TPSA) is 60.7 Å². The van der Waals surface area contributed by atoms with Gasteiger partial charge in [-0.25, -0.2) is 4.79 Å². The lowest BCUT2D eigenvalue weighted by Crippen LogP contribution is -2.18. The first-order valence-corrected chi connectivity index (χ1v) is 6.60. The maximum absolute atomic E-state index is 11.5. The fourth-order valence-corrected chi connectivity index (χ4v) is 2.25. The van der Waals surface area contributed by atoms with Crippen molar-refractivity contribution in [3.8, 4) is 5.75 Å². The predicted molar refractivity (Wildman–Crippen MR) is 78.7 cm³/mol. The predicted octanol–water partition coefficient (Wildman–Crippen LogP) is 2.69. The number of furan rings is 1. The van der Waals surface area contributed by atoms with Gasteiger partial charge in [-0.1, -0.05) is 17.7 Å². The molecule has 112 valence electrons. The molecule has 0 bridgehead atoms. The van der Waals surface area contributed by atoms with Crippen LogP contribution in [0.1, 0.15) is 33.5 Å². The smallest absolute Gasteiger partial charge is 0.373 e. The van der Waals surface area contributed by atoms with Gasteiger partial charge >= 0.3 is 5.97 Å². The molecule has 5 heteroatoms. The third-order valence-electron chi connectivity index (χ3n) is 3.28. The largest absolute Gasteiger partial charge is 0.496 e. The van der Waals surface area contributed by atoms with Crippen LogP contribution in [0.4, 0.5) is 0 Å². The molecule has 0 aliphatic carbocycles. The Morgan fingerprint density at radius 2 is 2.00 bits per heavy atom. The molecular weight excluding hydrogens is 270 g/mol. The molecule has 0 aliphatic heterocycles. The molecule has 0 radical (unpaired) electrons. The fourth-order valence-electron chi connectivity index (χ4n) is 2.25. The molecule has 0 spiro atoms. The quantitative estimate of drug-likeness (QED) is 0.858. The summed E-state index contributed by atoms with van der Waals surface area (Å²) in [6.07, 6.45) is 0. The highest BCUT2D eigenvalue weighted by molar-refractivity contribution is 5.86. The van der Waals surface area contributed by atoms with Gasteiger partial charge in [0.05, 0.1) is 20.3 Å². The van der Waals surface area contributed by atoms with E-state index in [2.05, 4.69) is 10.1 Å². The van der Waals surface area contributed by atoms with E-state index in [1.165, 1.54) is 7.11 Å². The molecule has 1 unspecified atom stereocenters. The van der Waals surface area contributed by atoms with E-state index < -0.39 is 5.97 Å². The van der Waals surface area contributed by atoms with Gasteiger partial charge in [0, 0.05) is 5.56 Å². The van der Waals surface area contributed by atoms with Crippen LogP contribution in [-0.4, -0.2) is 27.2 Å². The molecule has 1 heterocycles. The summed E-state index contributed by atoms with van der Waals surface area (Å²) >= 11 is 0. The first kappa shape index (κ1) is 15.1. The van der Waals surface area contributed by atoms with Gasteiger partial charge < -0.3 is 19.2 Å². The van der Waals surface area contributed by atoms with Crippen LogP contribution in [0.2, 0.25) is 0 Å². The van der Waals surface area contributed by atoms with Crippen molar-refractivity contribution in [3.63, 3.8) is 0 Å². The second-order valence-corrected chi connectivity index (χ2v) is 4.66. The van der Waals surface area contributed by atoms with E-state index in [4.69, 9.17) is 9.15 Å². The highest BCUT2D eigenvalue weighted by Gasteiger charge is 2.22. The molecule has 1 aromatic heterocycles. The Kier molecular flexibility index (Phi) is 4.65. The molecule has 1 N–H and O–H groups in total. The first-order valence-electron chi connectivity index (χ1n) is 6.60. The van der Waals surface area contributed by atoms with Crippen molar-refractivity contribution >= 4 is 5.97 Å². The van der Waals surface area contributed by atoms with Crippen LogP contribution in [0.25, 0.3) is 0 Å². The fraction of sp³-hybridized carbons (Fsp3) is 0.312. The highest BCUT2D eigenvalue weighted by atomic mass is 16.5. The number of carbonyl (C=O) groups is 1. The number of carbonyl (C=O) groups excluding carboxylic acids is 1. The first-order chi connectivity index (χ1) is 10.1. The van der Waals surface area contributed by atoms with Crippen molar-refractivity contribution in [3.05, 3.63) is 53.0 Å². The normalized spacial score (nSPS) is 12.0. The zero-order valence-electron chi connectivity index (χ0n) is 12.6. The van der Waals surface area contributed by atoms with Crippen LogP contribution in [0.5, 0.6) is 5.75 Å². The van der Waals surface area contributed by atoms with Crippen molar-refractivity contribution in [2.75, 3.05) is 21.3 Å². The van der Waals surface area contributed by atoms with Gasteiger partial charge in [0.25, 0.3) is 0 Å². The van der Waals surface area contributed by atoms with Crippen molar-refractivity contribution in [1.29, 1.82) is 0 Å². The van der Waals surface area contributed by atoms with Crippen molar-refractivity contribution in [2.45, 2.75) is 13.0 Å². The minimum Gasteiger partial charge on any atom is -0.496 e. The van der Waals surface area contributed by atoms with Crippen LogP contribution in [0.15, 0.2) is 34.7 Å². The number of esters is 1. The number of hydrogen-bond donors (Lipinski definition) is 1. The Bertz CT molecular complexity index is 633. The van der Waals surface area contributed by atoms with Gasteiger partial charge in [-0.3, -0.25) is 0 Å². The van der Waals surface area contributed by atoms with E-state index in [0.717, 1.165) is 16.9 Å². The number of nitrogens with one attached hydrogen (secondary N) is 1.